The molecule has 0 aromatic carbocycles. The van der Waals surface area contributed by atoms with E-state index in [0.29, 0.717) is 15.9 Å². The van der Waals surface area contributed by atoms with Crippen LogP contribution in [0.15, 0.2) is 11.4 Å². The molecule has 16 heavy (non-hydrogen) atoms. The summed E-state index contributed by atoms with van der Waals surface area (Å²) in [7, 11) is 1.84. The van der Waals surface area contributed by atoms with Crippen LogP contribution in [-0.2, 0) is 0 Å². The first kappa shape index (κ1) is 13.8. The molecular formula is C10H14Cl2N2OS. The van der Waals surface area contributed by atoms with Gasteiger partial charge < -0.3 is 10.2 Å². The molecule has 0 saturated carbocycles. The van der Waals surface area contributed by atoms with E-state index in [-0.39, 0.29) is 18.3 Å². The summed E-state index contributed by atoms with van der Waals surface area (Å²) in [4.78, 5) is 14.5. The number of carbonyl (C=O) groups excluding carboxylic acids is 1. The first-order valence-corrected chi connectivity index (χ1v) is 6.17. The van der Waals surface area contributed by atoms with Crippen LogP contribution in [0.4, 0.5) is 0 Å². The predicted octanol–water partition coefficient (Wildman–Crippen LogP) is 2.26. The van der Waals surface area contributed by atoms with E-state index >= 15 is 0 Å². The van der Waals surface area contributed by atoms with Crippen LogP contribution in [0.5, 0.6) is 0 Å². The molecule has 6 heteroatoms. The van der Waals surface area contributed by atoms with Gasteiger partial charge in [-0.2, -0.15) is 0 Å². The van der Waals surface area contributed by atoms with Gasteiger partial charge in [-0.25, -0.2) is 0 Å². The Morgan fingerprint density at radius 1 is 1.69 bits per heavy atom. The molecule has 90 valence electrons. The molecule has 2 heterocycles. The van der Waals surface area contributed by atoms with Gasteiger partial charge in [-0.3, -0.25) is 4.79 Å². The van der Waals surface area contributed by atoms with Gasteiger partial charge in [0.15, 0.2) is 0 Å². The fourth-order valence-corrected chi connectivity index (χ4v) is 2.86. The van der Waals surface area contributed by atoms with E-state index in [2.05, 4.69) is 5.32 Å². The fourth-order valence-electron chi connectivity index (χ4n) is 1.74. The molecular weight excluding hydrogens is 267 g/mol. The highest BCUT2D eigenvalue weighted by atomic mass is 35.5. The van der Waals surface area contributed by atoms with Gasteiger partial charge in [-0.15, -0.1) is 23.7 Å². The Labute approximate surface area is 110 Å². The first-order valence-electron chi connectivity index (χ1n) is 4.91. The van der Waals surface area contributed by atoms with Crippen molar-refractivity contribution in [1.29, 1.82) is 0 Å². The average Bonchev–Trinajstić information content (AvgIpc) is 2.85. The second-order valence-corrected chi connectivity index (χ2v) is 4.98. The van der Waals surface area contributed by atoms with Gasteiger partial charge in [0, 0.05) is 19.6 Å². The van der Waals surface area contributed by atoms with Crippen molar-refractivity contribution in [2.24, 2.45) is 0 Å². The van der Waals surface area contributed by atoms with Gasteiger partial charge in [0.05, 0.1) is 5.02 Å². The number of hydrogen-bond acceptors (Lipinski definition) is 3. The molecule has 1 aliphatic rings. The van der Waals surface area contributed by atoms with Crippen molar-refractivity contribution in [3.63, 3.8) is 0 Å². The maximum absolute atomic E-state index is 12.0. The Kier molecular flexibility index (Phi) is 5.05. The molecule has 1 saturated heterocycles. The van der Waals surface area contributed by atoms with Gasteiger partial charge in [0.25, 0.3) is 5.91 Å². The van der Waals surface area contributed by atoms with Crippen molar-refractivity contribution in [2.45, 2.75) is 12.5 Å². The quantitative estimate of drug-likeness (QED) is 0.901. The van der Waals surface area contributed by atoms with Crippen molar-refractivity contribution >= 4 is 41.3 Å². The predicted molar refractivity (Wildman–Crippen MR) is 69.9 cm³/mol. The summed E-state index contributed by atoms with van der Waals surface area (Å²) in [5, 5.41) is 5.65. The number of rotatable bonds is 2. The Bertz CT molecular complexity index is 363. The lowest BCUT2D eigenvalue weighted by molar-refractivity contribution is 0.0749. The van der Waals surface area contributed by atoms with E-state index in [1.165, 1.54) is 11.3 Å². The second kappa shape index (κ2) is 5.87. The van der Waals surface area contributed by atoms with Gasteiger partial charge in [0.1, 0.15) is 4.88 Å². The van der Waals surface area contributed by atoms with Crippen LogP contribution >= 0.6 is 35.3 Å². The van der Waals surface area contributed by atoms with Crippen LogP contribution in [0.25, 0.3) is 0 Å². The van der Waals surface area contributed by atoms with Gasteiger partial charge in [-0.1, -0.05) is 11.6 Å². The number of nitrogens with one attached hydrogen (secondary N) is 1. The van der Waals surface area contributed by atoms with Crippen molar-refractivity contribution in [1.82, 2.24) is 10.2 Å². The van der Waals surface area contributed by atoms with Crippen LogP contribution in [0.1, 0.15) is 16.1 Å². The zero-order valence-corrected chi connectivity index (χ0v) is 11.3. The minimum atomic E-state index is 0. The molecule has 1 amide bonds. The molecule has 1 aliphatic heterocycles. The summed E-state index contributed by atoms with van der Waals surface area (Å²) in [6, 6.07) is 2.07. The van der Waals surface area contributed by atoms with Gasteiger partial charge in [0.2, 0.25) is 0 Å². The second-order valence-electron chi connectivity index (χ2n) is 3.66. The zero-order chi connectivity index (χ0) is 10.8. The lowest BCUT2D eigenvalue weighted by atomic mass is 10.2. The third-order valence-corrected chi connectivity index (χ3v) is 4.04. The number of hydrogen-bond donors (Lipinski definition) is 1. The van der Waals surface area contributed by atoms with E-state index in [1.54, 1.807) is 11.0 Å². The van der Waals surface area contributed by atoms with Crippen LogP contribution in [0.3, 0.4) is 0 Å². The van der Waals surface area contributed by atoms with Crippen LogP contribution in [-0.4, -0.2) is 37.0 Å². The lowest BCUT2D eigenvalue weighted by Crippen LogP contribution is -2.38. The number of thiophene rings is 1. The maximum Gasteiger partial charge on any atom is 0.265 e. The molecule has 1 fully saturated rings. The maximum atomic E-state index is 12.0. The van der Waals surface area contributed by atoms with E-state index in [4.69, 9.17) is 11.6 Å². The Balaban J connectivity index is 0.00000128. The summed E-state index contributed by atoms with van der Waals surface area (Å²) in [5.41, 5.74) is 0. The van der Waals surface area contributed by atoms with E-state index in [0.717, 1.165) is 19.5 Å². The Hall–Kier alpha value is -0.290. The summed E-state index contributed by atoms with van der Waals surface area (Å²) in [6.07, 6.45) is 1.02. The lowest BCUT2D eigenvalue weighted by Gasteiger charge is -2.23. The summed E-state index contributed by atoms with van der Waals surface area (Å²) in [6.45, 7) is 1.87. The van der Waals surface area contributed by atoms with Crippen LogP contribution < -0.4 is 5.32 Å². The van der Waals surface area contributed by atoms with Crippen molar-refractivity contribution in [3.8, 4) is 0 Å². The molecule has 1 aromatic heterocycles. The smallest absolute Gasteiger partial charge is 0.265 e. The molecule has 1 N–H and O–H groups in total. The summed E-state index contributed by atoms with van der Waals surface area (Å²) in [5.74, 6) is 0.0312. The SMILES string of the molecule is CN(C(=O)c1sccc1Cl)C1CCNC1.Cl. The number of nitrogens with zero attached hydrogens (tertiary/aromatic N) is 1. The fraction of sp³-hybridized carbons (Fsp3) is 0.500. The molecule has 3 nitrogen and oxygen atoms in total. The third kappa shape index (κ3) is 2.69. The molecule has 0 spiro atoms. The normalized spacial score (nSPS) is 19.2. The van der Waals surface area contributed by atoms with E-state index in [1.807, 2.05) is 12.4 Å². The molecule has 0 bridgehead atoms. The topological polar surface area (TPSA) is 32.3 Å². The van der Waals surface area contributed by atoms with E-state index < -0.39 is 0 Å². The minimum Gasteiger partial charge on any atom is -0.337 e. The van der Waals surface area contributed by atoms with Gasteiger partial charge >= 0.3 is 0 Å². The largest absolute Gasteiger partial charge is 0.337 e. The van der Waals surface area contributed by atoms with E-state index in [9.17, 15) is 4.79 Å². The summed E-state index contributed by atoms with van der Waals surface area (Å²) < 4.78 is 0. The molecule has 1 unspecified atom stereocenters. The highest BCUT2D eigenvalue weighted by Crippen LogP contribution is 2.24. The molecule has 1 aromatic rings. The number of likely N-dealkylation sites (N-methyl/N-ethyl adjacent to an activating group) is 1. The monoisotopic (exact) mass is 280 g/mol. The number of amides is 1. The van der Waals surface area contributed by atoms with Crippen molar-refractivity contribution in [3.05, 3.63) is 21.3 Å². The average molecular weight is 281 g/mol. The third-order valence-electron chi connectivity index (χ3n) is 2.71. The zero-order valence-electron chi connectivity index (χ0n) is 8.90. The first-order chi connectivity index (χ1) is 7.20. The number of halogens is 2. The molecule has 1 atom stereocenters. The molecule has 0 aliphatic carbocycles. The standard InChI is InChI=1S/C10H13ClN2OS.ClH/c1-13(7-2-4-12-6-7)10(14)9-8(11)3-5-15-9;/h3,5,7,12H,2,4,6H2,1H3;1H. The van der Waals surface area contributed by atoms with Crippen molar-refractivity contribution < 1.29 is 4.79 Å². The summed E-state index contributed by atoms with van der Waals surface area (Å²) >= 11 is 7.33. The Morgan fingerprint density at radius 2 is 2.44 bits per heavy atom. The van der Waals surface area contributed by atoms with Crippen LogP contribution in [0.2, 0.25) is 5.02 Å². The van der Waals surface area contributed by atoms with Gasteiger partial charge in [-0.05, 0) is 24.4 Å². The Morgan fingerprint density at radius 3 is 2.94 bits per heavy atom. The highest BCUT2D eigenvalue weighted by molar-refractivity contribution is 7.12. The number of carbonyl (C=O) groups is 1. The molecule has 0 radical (unpaired) electrons. The minimum absolute atomic E-state index is 0. The van der Waals surface area contributed by atoms with Crippen LogP contribution in [0, 0.1) is 0 Å². The molecule has 2 rings (SSSR count). The van der Waals surface area contributed by atoms with Crippen molar-refractivity contribution in [2.75, 3.05) is 20.1 Å². The highest BCUT2D eigenvalue weighted by Gasteiger charge is 2.25.